The maximum atomic E-state index is 5.98. The fourth-order valence-corrected chi connectivity index (χ4v) is 4.08. The van der Waals surface area contributed by atoms with Crippen molar-refractivity contribution in [1.82, 2.24) is 14.3 Å². The summed E-state index contributed by atoms with van der Waals surface area (Å²) >= 11 is 4.69. The van der Waals surface area contributed by atoms with Crippen LogP contribution in [-0.4, -0.2) is 20.9 Å². The van der Waals surface area contributed by atoms with Crippen molar-refractivity contribution in [1.29, 1.82) is 0 Å². The number of nitrogen functional groups attached to an aromatic ring is 1. The van der Waals surface area contributed by atoms with Crippen LogP contribution in [0.1, 0.15) is 15.7 Å². The Morgan fingerprint density at radius 3 is 2.71 bits per heavy atom. The Labute approximate surface area is 135 Å². The molecule has 21 heavy (non-hydrogen) atoms. The van der Waals surface area contributed by atoms with Crippen LogP contribution in [0.25, 0.3) is 11.3 Å². The van der Waals surface area contributed by atoms with Crippen molar-refractivity contribution in [2.75, 3.05) is 17.6 Å². The number of nitrogens with two attached hydrogens (primary N) is 1. The molecule has 0 aliphatic carbocycles. The maximum Gasteiger partial charge on any atom is 0.148 e. The second kappa shape index (κ2) is 6.08. The van der Waals surface area contributed by atoms with E-state index >= 15 is 0 Å². The van der Waals surface area contributed by atoms with Crippen LogP contribution in [0.3, 0.4) is 0 Å². The molecule has 0 saturated carbocycles. The maximum absolute atomic E-state index is 5.98. The average molecular weight is 337 g/mol. The molecule has 8 heteroatoms. The zero-order chi connectivity index (χ0) is 14.8. The SMILES string of the molecule is Cc1csc(CCNc2snc(N)c2-c2csc(C)n2)n1. The van der Waals surface area contributed by atoms with Crippen LogP contribution in [0, 0.1) is 13.8 Å². The number of nitrogens with one attached hydrogen (secondary N) is 1. The predicted octanol–water partition coefficient (Wildman–Crippen LogP) is 3.58. The first-order valence-electron chi connectivity index (χ1n) is 6.46. The van der Waals surface area contributed by atoms with Crippen molar-refractivity contribution in [2.24, 2.45) is 0 Å². The van der Waals surface area contributed by atoms with Crippen molar-refractivity contribution in [3.63, 3.8) is 0 Å². The molecule has 3 aromatic heterocycles. The first-order chi connectivity index (χ1) is 10.1. The van der Waals surface area contributed by atoms with Gasteiger partial charge in [-0.15, -0.1) is 22.7 Å². The second-order valence-electron chi connectivity index (χ2n) is 4.58. The molecule has 0 aliphatic rings. The third-order valence-corrected chi connectivity index (χ3v) is 5.50. The molecule has 3 N–H and O–H groups in total. The highest BCUT2D eigenvalue weighted by atomic mass is 32.1. The van der Waals surface area contributed by atoms with Gasteiger partial charge in [-0.2, -0.15) is 4.37 Å². The molecule has 0 aliphatic heterocycles. The number of anilines is 2. The van der Waals surface area contributed by atoms with Crippen molar-refractivity contribution < 1.29 is 0 Å². The highest BCUT2D eigenvalue weighted by molar-refractivity contribution is 7.11. The van der Waals surface area contributed by atoms with Crippen molar-refractivity contribution >= 4 is 45.0 Å². The molecule has 0 fully saturated rings. The van der Waals surface area contributed by atoms with Gasteiger partial charge in [0.15, 0.2) is 0 Å². The molecule has 0 radical (unpaired) electrons. The van der Waals surface area contributed by atoms with Gasteiger partial charge in [0.25, 0.3) is 0 Å². The summed E-state index contributed by atoms with van der Waals surface area (Å²) in [6.45, 7) is 4.81. The van der Waals surface area contributed by atoms with Gasteiger partial charge < -0.3 is 11.1 Å². The van der Waals surface area contributed by atoms with Crippen LogP contribution in [0.15, 0.2) is 10.8 Å². The Balaban J connectivity index is 1.71. The number of nitrogens with zero attached hydrogens (tertiary/aromatic N) is 3. The lowest BCUT2D eigenvalue weighted by Crippen LogP contribution is -2.04. The number of thiazole rings is 2. The topological polar surface area (TPSA) is 76.7 Å². The van der Waals surface area contributed by atoms with E-state index in [1.165, 1.54) is 11.5 Å². The average Bonchev–Trinajstić information content (AvgIpc) is 3.12. The molecule has 3 heterocycles. The van der Waals surface area contributed by atoms with E-state index in [0.717, 1.165) is 44.9 Å². The van der Waals surface area contributed by atoms with Crippen LogP contribution < -0.4 is 11.1 Å². The smallest absolute Gasteiger partial charge is 0.148 e. The molecule has 3 rings (SSSR count). The van der Waals surface area contributed by atoms with E-state index in [1.807, 2.05) is 19.2 Å². The molecule has 5 nitrogen and oxygen atoms in total. The third kappa shape index (κ3) is 3.22. The Bertz CT molecular complexity index is 743. The summed E-state index contributed by atoms with van der Waals surface area (Å²) in [4.78, 5) is 8.96. The van der Waals surface area contributed by atoms with E-state index in [9.17, 15) is 0 Å². The number of rotatable bonds is 5. The molecule has 3 aromatic rings. The number of hydrogen-bond donors (Lipinski definition) is 2. The zero-order valence-electron chi connectivity index (χ0n) is 11.7. The lowest BCUT2D eigenvalue weighted by molar-refractivity contribution is 0.990. The van der Waals surface area contributed by atoms with Gasteiger partial charge in [0.1, 0.15) is 10.8 Å². The van der Waals surface area contributed by atoms with Crippen molar-refractivity contribution in [3.8, 4) is 11.3 Å². The summed E-state index contributed by atoms with van der Waals surface area (Å²) in [5.41, 5.74) is 8.88. The Kier molecular flexibility index (Phi) is 4.18. The Hall–Kier alpha value is -1.51. The van der Waals surface area contributed by atoms with E-state index < -0.39 is 0 Å². The van der Waals surface area contributed by atoms with E-state index in [2.05, 4.69) is 25.0 Å². The van der Waals surface area contributed by atoms with Crippen LogP contribution in [0.2, 0.25) is 0 Å². The van der Waals surface area contributed by atoms with Gasteiger partial charge in [-0.25, -0.2) is 9.97 Å². The first kappa shape index (κ1) is 14.4. The zero-order valence-corrected chi connectivity index (χ0v) is 14.2. The van der Waals surface area contributed by atoms with Crippen LogP contribution in [0.4, 0.5) is 10.8 Å². The van der Waals surface area contributed by atoms with Gasteiger partial charge in [-0.05, 0) is 25.4 Å². The van der Waals surface area contributed by atoms with Gasteiger partial charge in [0.05, 0.1) is 21.3 Å². The second-order valence-corrected chi connectivity index (χ2v) is 7.36. The molecule has 0 unspecified atom stereocenters. The largest absolute Gasteiger partial charge is 0.382 e. The summed E-state index contributed by atoms with van der Waals surface area (Å²) in [5.74, 6) is 0.540. The van der Waals surface area contributed by atoms with E-state index in [4.69, 9.17) is 5.73 Å². The summed E-state index contributed by atoms with van der Waals surface area (Å²) in [6.07, 6.45) is 0.895. The minimum atomic E-state index is 0.540. The fraction of sp³-hybridized carbons (Fsp3) is 0.308. The summed E-state index contributed by atoms with van der Waals surface area (Å²) in [7, 11) is 0. The molecule has 0 amide bonds. The molecule has 0 atom stereocenters. The molecular weight excluding hydrogens is 322 g/mol. The minimum absolute atomic E-state index is 0.540. The van der Waals surface area contributed by atoms with Crippen LogP contribution in [-0.2, 0) is 6.42 Å². The highest BCUT2D eigenvalue weighted by Crippen LogP contribution is 2.37. The third-order valence-electron chi connectivity index (χ3n) is 2.88. The lowest BCUT2D eigenvalue weighted by Gasteiger charge is -2.04. The molecule has 0 aromatic carbocycles. The molecule has 110 valence electrons. The van der Waals surface area contributed by atoms with Gasteiger partial charge >= 0.3 is 0 Å². The van der Waals surface area contributed by atoms with Gasteiger partial charge in [0.2, 0.25) is 0 Å². The molecule has 0 spiro atoms. The summed E-state index contributed by atoms with van der Waals surface area (Å²) in [6, 6.07) is 0. The van der Waals surface area contributed by atoms with Gasteiger partial charge in [0, 0.05) is 29.4 Å². The normalized spacial score (nSPS) is 11.0. The van der Waals surface area contributed by atoms with Gasteiger partial charge in [-0.3, -0.25) is 0 Å². The van der Waals surface area contributed by atoms with E-state index in [0.29, 0.717) is 5.82 Å². The first-order valence-corrected chi connectivity index (χ1v) is 8.99. The summed E-state index contributed by atoms with van der Waals surface area (Å²) in [5, 5.41) is 10.6. The van der Waals surface area contributed by atoms with Gasteiger partial charge in [-0.1, -0.05) is 0 Å². The fourth-order valence-electron chi connectivity index (χ4n) is 1.95. The Morgan fingerprint density at radius 1 is 1.19 bits per heavy atom. The van der Waals surface area contributed by atoms with E-state index in [-0.39, 0.29) is 0 Å². The molecule has 0 bridgehead atoms. The lowest BCUT2D eigenvalue weighted by atomic mass is 10.2. The minimum Gasteiger partial charge on any atom is -0.382 e. The van der Waals surface area contributed by atoms with Crippen LogP contribution >= 0.6 is 34.2 Å². The monoisotopic (exact) mass is 337 g/mol. The standard InChI is InChI=1S/C13H15N5S3/c1-7-5-20-10(16-7)3-4-15-13-11(12(14)18-21-13)9-6-19-8(2)17-9/h5-6,15H,3-4H2,1-2H3,(H2,14,18). The predicted molar refractivity (Wildman–Crippen MR) is 91.4 cm³/mol. The highest BCUT2D eigenvalue weighted by Gasteiger charge is 2.16. The molecule has 0 saturated heterocycles. The van der Waals surface area contributed by atoms with Crippen LogP contribution in [0.5, 0.6) is 0 Å². The number of aryl methyl sites for hydroxylation is 2. The van der Waals surface area contributed by atoms with E-state index in [1.54, 1.807) is 22.7 Å². The number of hydrogen-bond acceptors (Lipinski definition) is 8. The molecular formula is C13H15N5S3. The van der Waals surface area contributed by atoms with Crippen molar-refractivity contribution in [2.45, 2.75) is 20.3 Å². The van der Waals surface area contributed by atoms with Crippen molar-refractivity contribution in [3.05, 3.63) is 26.5 Å². The summed E-state index contributed by atoms with van der Waals surface area (Å²) < 4.78 is 4.24. The quantitative estimate of drug-likeness (QED) is 0.744. The Morgan fingerprint density at radius 2 is 2.05 bits per heavy atom. The number of aromatic nitrogens is 3.